The third-order valence-corrected chi connectivity index (χ3v) is 6.06. The summed E-state index contributed by atoms with van der Waals surface area (Å²) in [5, 5.41) is 12.0. The van der Waals surface area contributed by atoms with E-state index in [-0.39, 0.29) is 53.6 Å². The first-order chi connectivity index (χ1) is 17.0. The molecule has 4 N–H and O–H groups in total. The van der Waals surface area contributed by atoms with E-state index in [1.807, 2.05) is 0 Å². The molecular formula is C25H24F2N6O2. The van der Waals surface area contributed by atoms with E-state index in [0.29, 0.717) is 11.4 Å². The van der Waals surface area contributed by atoms with Crippen LogP contribution in [0.15, 0.2) is 42.5 Å². The van der Waals surface area contributed by atoms with Gasteiger partial charge >= 0.3 is 0 Å². The molecule has 0 aliphatic carbocycles. The highest BCUT2D eigenvalue weighted by atomic mass is 19.1. The molecule has 2 aliphatic rings. The van der Waals surface area contributed by atoms with Gasteiger partial charge in [-0.25, -0.2) is 18.7 Å². The molecule has 0 radical (unpaired) electrons. The Hall–Kier alpha value is -3.92. The van der Waals surface area contributed by atoms with Gasteiger partial charge in [-0.3, -0.25) is 9.59 Å². The fraction of sp³-hybridized carbons (Fsp3) is 0.280. The lowest BCUT2D eigenvalue weighted by Crippen LogP contribution is -2.46. The lowest BCUT2D eigenvalue weighted by Gasteiger charge is -2.23. The molecule has 0 saturated carbocycles. The molecular weight excluding hydrogens is 454 g/mol. The summed E-state index contributed by atoms with van der Waals surface area (Å²) < 4.78 is 28.7. The molecule has 180 valence electrons. The summed E-state index contributed by atoms with van der Waals surface area (Å²) in [6, 6.07) is 10.8. The zero-order valence-corrected chi connectivity index (χ0v) is 18.8. The Morgan fingerprint density at radius 3 is 2.54 bits per heavy atom. The monoisotopic (exact) mass is 478 g/mol. The van der Waals surface area contributed by atoms with Crippen LogP contribution in [-0.2, 0) is 17.8 Å². The number of halogens is 2. The van der Waals surface area contributed by atoms with Gasteiger partial charge in [0, 0.05) is 18.3 Å². The van der Waals surface area contributed by atoms with Gasteiger partial charge in [0.05, 0.1) is 24.2 Å². The Balaban J connectivity index is 1.35. The minimum Gasteiger partial charge on any atom is -0.352 e. The fourth-order valence-electron chi connectivity index (χ4n) is 4.32. The molecule has 1 unspecified atom stereocenters. The summed E-state index contributed by atoms with van der Waals surface area (Å²) in [5.74, 6) is -1.99. The number of benzene rings is 2. The third-order valence-electron chi connectivity index (χ3n) is 6.06. The van der Waals surface area contributed by atoms with Crippen LogP contribution < -0.4 is 21.3 Å². The van der Waals surface area contributed by atoms with Gasteiger partial charge in [0.2, 0.25) is 5.91 Å². The van der Waals surface area contributed by atoms with E-state index in [2.05, 4.69) is 31.2 Å². The number of hydrogen-bond acceptors (Lipinski definition) is 6. The van der Waals surface area contributed by atoms with E-state index in [4.69, 9.17) is 0 Å². The number of anilines is 2. The predicted molar refractivity (Wildman–Crippen MR) is 126 cm³/mol. The largest absolute Gasteiger partial charge is 0.352 e. The second kappa shape index (κ2) is 9.75. The summed E-state index contributed by atoms with van der Waals surface area (Å²) >= 11 is 0. The van der Waals surface area contributed by atoms with Gasteiger partial charge in [0.1, 0.15) is 23.0 Å². The van der Waals surface area contributed by atoms with Crippen LogP contribution in [0.5, 0.6) is 0 Å². The summed E-state index contributed by atoms with van der Waals surface area (Å²) in [6.07, 6.45) is 2.26. The van der Waals surface area contributed by atoms with Crippen LogP contribution in [0.2, 0.25) is 0 Å². The van der Waals surface area contributed by atoms with Crippen molar-refractivity contribution in [3.63, 3.8) is 0 Å². The number of nitrogens with one attached hydrogen (secondary N) is 4. The predicted octanol–water partition coefficient (Wildman–Crippen LogP) is 2.82. The van der Waals surface area contributed by atoms with Gasteiger partial charge in [0.15, 0.2) is 5.82 Å². The van der Waals surface area contributed by atoms with Crippen molar-refractivity contribution in [2.45, 2.75) is 31.8 Å². The highest BCUT2D eigenvalue weighted by Crippen LogP contribution is 2.30. The molecule has 2 amide bonds. The highest BCUT2D eigenvalue weighted by molar-refractivity contribution is 6.03. The van der Waals surface area contributed by atoms with Crippen LogP contribution >= 0.6 is 0 Å². The lowest BCUT2D eigenvalue weighted by molar-refractivity contribution is -0.121. The van der Waals surface area contributed by atoms with E-state index >= 15 is 0 Å². The second-order valence-electron chi connectivity index (χ2n) is 8.61. The van der Waals surface area contributed by atoms with Crippen molar-refractivity contribution < 1.29 is 18.4 Å². The van der Waals surface area contributed by atoms with Gasteiger partial charge in [-0.15, -0.1) is 0 Å². The summed E-state index contributed by atoms with van der Waals surface area (Å²) in [5.41, 5.74) is 1.67. The van der Waals surface area contributed by atoms with Crippen LogP contribution in [0.25, 0.3) is 11.4 Å². The van der Waals surface area contributed by atoms with Crippen LogP contribution in [0.3, 0.4) is 0 Å². The number of rotatable bonds is 6. The van der Waals surface area contributed by atoms with Crippen LogP contribution in [0.4, 0.5) is 20.3 Å². The Morgan fingerprint density at radius 2 is 1.83 bits per heavy atom. The van der Waals surface area contributed by atoms with Crippen LogP contribution in [0, 0.1) is 11.6 Å². The first-order valence-electron chi connectivity index (χ1n) is 11.5. The number of nitrogens with zero attached hydrogens (tertiary/aromatic N) is 2. The molecule has 1 aromatic heterocycles. The first kappa shape index (κ1) is 22.9. The third kappa shape index (κ3) is 4.97. The van der Waals surface area contributed by atoms with E-state index in [1.165, 1.54) is 6.07 Å². The molecule has 5 rings (SSSR count). The summed E-state index contributed by atoms with van der Waals surface area (Å²) in [4.78, 5) is 33.3. The van der Waals surface area contributed by atoms with Crippen molar-refractivity contribution in [3.05, 3.63) is 70.9 Å². The van der Waals surface area contributed by atoms with E-state index < -0.39 is 11.6 Å². The van der Waals surface area contributed by atoms with Crippen molar-refractivity contribution in [2.24, 2.45) is 0 Å². The molecule has 0 bridgehead atoms. The Labute approximate surface area is 200 Å². The van der Waals surface area contributed by atoms with Crippen LogP contribution in [-0.4, -0.2) is 40.9 Å². The second-order valence-corrected chi connectivity index (χ2v) is 8.61. The van der Waals surface area contributed by atoms with Gasteiger partial charge in [0.25, 0.3) is 5.91 Å². The van der Waals surface area contributed by atoms with Crippen molar-refractivity contribution in [1.82, 2.24) is 25.9 Å². The van der Waals surface area contributed by atoms with E-state index in [9.17, 15) is 18.4 Å². The van der Waals surface area contributed by atoms with E-state index in [1.54, 1.807) is 24.3 Å². The molecule has 10 heteroatoms. The van der Waals surface area contributed by atoms with Gasteiger partial charge in [-0.05, 0) is 49.2 Å². The number of aromatic nitrogens is 2. The maximum Gasteiger partial charge on any atom is 0.257 e. The zero-order valence-electron chi connectivity index (χ0n) is 18.8. The standard InChI is InChI=1S/C25H24F2N6O2/c26-17-4-1-5-18(27)21(17)23-32-19-13-29-25(35)22(19)24(33-23)31-15-8-6-14(7-9-15)11-20(34)30-16-3-2-10-28-12-16/h1,4-9,16,28H,2-3,10-13H2,(H,29,35)(H,30,34)(H,31,32,33). The van der Waals surface area contributed by atoms with Gasteiger partial charge < -0.3 is 21.3 Å². The topological polar surface area (TPSA) is 108 Å². The molecule has 3 aromatic rings. The Bertz CT molecular complexity index is 1260. The molecule has 2 aliphatic heterocycles. The van der Waals surface area contributed by atoms with Crippen molar-refractivity contribution in [3.8, 4) is 11.4 Å². The Morgan fingerprint density at radius 1 is 1.06 bits per heavy atom. The highest BCUT2D eigenvalue weighted by Gasteiger charge is 2.28. The first-order valence-corrected chi connectivity index (χ1v) is 11.5. The van der Waals surface area contributed by atoms with E-state index in [0.717, 1.165) is 43.6 Å². The van der Waals surface area contributed by atoms with Gasteiger partial charge in [-0.1, -0.05) is 18.2 Å². The molecule has 1 atom stereocenters. The van der Waals surface area contributed by atoms with Crippen LogP contribution in [0.1, 0.15) is 34.5 Å². The smallest absolute Gasteiger partial charge is 0.257 e. The molecule has 1 fully saturated rings. The lowest BCUT2D eigenvalue weighted by atomic mass is 10.1. The molecule has 0 spiro atoms. The summed E-state index contributed by atoms with van der Waals surface area (Å²) in [6.45, 7) is 1.90. The quantitative estimate of drug-likeness (QED) is 0.434. The number of amides is 2. The Kier molecular flexibility index (Phi) is 6.37. The molecule has 3 heterocycles. The number of carbonyl (C=O) groups excluding carboxylic acids is 2. The average molecular weight is 479 g/mol. The zero-order chi connectivity index (χ0) is 24.4. The molecule has 1 saturated heterocycles. The van der Waals surface area contributed by atoms with Crippen molar-refractivity contribution in [1.29, 1.82) is 0 Å². The number of carbonyl (C=O) groups is 2. The number of fused-ring (bicyclic) bond motifs is 1. The van der Waals surface area contributed by atoms with Gasteiger partial charge in [-0.2, -0.15) is 0 Å². The molecule has 2 aromatic carbocycles. The average Bonchev–Trinajstić information content (AvgIpc) is 3.22. The minimum absolute atomic E-state index is 0.0405. The SMILES string of the molecule is O=C(Cc1ccc(Nc2nc(-c3c(F)cccc3F)nc3c2C(=O)NC3)cc1)NC1CCCNC1. The maximum atomic E-state index is 14.4. The number of piperidine rings is 1. The van der Waals surface area contributed by atoms with Crippen molar-refractivity contribution in [2.75, 3.05) is 18.4 Å². The molecule has 35 heavy (non-hydrogen) atoms. The molecule has 8 nitrogen and oxygen atoms in total. The van der Waals surface area contributed by atoms with Crippen molar-refractivity contribution >= 4 is 23.3 Å². The normalized spacial score (nSPS) is 17.0. The minimum atomic E-state index is -0.792. The fourth-order valence-corrected chi connectivity index (χ4v) is 4.32. The maximum absolute atomic E-state index is 14.4. The number of hydrogen-bond donors (Lipinski definition) is 4. The summed E-state index contributed by atoms with van der Waals surface area (Å²) in [7, 11) is 0.